The highest BCUT2D eigenvalue weighted by Gasteiger charge is 1.97. The van der Waals surface area contributed by atoms with Gasteiger partial charge in [0.25, 0.3) is 0 Å². The molecule has 2 heteroatoms. The summed E-state index contributed by atoms with van der Waals surface area (Å²) in [4.78, 5) is 1.14. The number of hydrogen-bond acceptors (Lipinski definition) is 2. The van der Waals surface area contributed by atoms with Crippen LogP contribution in [0.2, 0.25) is 0 Å². The number of nitrogens with zero attached hydrogens (tertiary/aromatic N) is 1. The smallest absolute Gasteiger partial charge is 0.0992 e. The maximum atomic E-state index is 8.79. The van der Waals surface area contributed by atoms with E-state index in [0.717, 1.165) is 16.2 Å². The zero-order valence-electron chi connectivity index (χ0n) is 8.76. The van der Waals surface area contributed by atoms with Crippen LogP contribution in [-0.4, -0.2) is 0 Å². The Morgan fingerprint density at radius 1 is 1.00 bits per heavy atom. The third-order valence-corrected chi connectivity index (χ3v) is 3.28. The molecule has 0 bridgehead atoms. The van der Waals surface area contributed by atoms with Crippen molar-refractivity contribution in [3.63, 3.8) is 0 Å². The SMILES string of the molecule is N#Cc1cccc(SCc2ccccc2)c1. The van der Waals surface area contributed by atoms with E-state index in [0.29, 0.717) is 0 Å². The molecule has 0 aliphatic carbocycles. The van der Waals surface area contributed by atoms with Crippen LogP contribution in [0.4, 0.5) is 0 Å². The van der Waals surface area contributed by atoms with Crippen molar-refractivity contribution >= 4 is 11.8 Å². The molecule has 16 heavy (non-hydrogen) atoms. The summed E-state index contributed by atoms with van der Waals surface area (Å²) in [7, 11) is 0. The van der Waals surface area contributed by atoms with Crippen molar-refractivity contribution < 1.29 is 0 Å². The molecular weight excluding hydrogens is 214 g/mol. The zero-order chi connectivity index (χ0) is 11.2. The van der Waals surface area contributed by atoms with Crippen molar-refractivity contribution in [1.82, 2.24) is 0 Å². The van der Waals surface area contributed by atoms with Crippen molar-refractivity contribution in [2.45, 2.75) is 10.6 Å². The van der Waals surface area contributed by atoms with E-state index < -0.39 is 0 Å². The van der Waals surface area contributed by atoms with Gasteiger partial charge in [-0.3, -0.25) is 0 Å². The summed E-state index contributed by atoms with van der Waals surface area (Å²) in [5.41, 5.74) is 2.02. The van der Waals surface area contributed by atoms with Gasteiger partial charge in [-0.25, -0.2) is 0 Å². The van der Waals surface area contributed by atoms with E-state index in [4.69, 9.17) is 5.26 Å². The molecule has 0 aromatic heterocycles. The monoisotopic (exact) mass is 225 g/mol. The first-order valence-electron chi connectivity index (χ1n) is 5.05. The molecule has 0 unspecified atom stereocenters. The topological polar surface area (TPSA) is 23.8 Å². The molecule has 2 aromatic carbocycles. The number of benzene rings is 2. The Hall–Kier alpha value is -1.72. The zero-order valence-corrected chi connectivity index (χ0v) is 9.58. The quantitative estimate of drug-likeness (QED) is 0.741. The average Bonchev–Trinajstić information content (AvgIpc) is 2.38. The Morgan fingerprint density at radius 2 is 1.81 bits per heavy atom. The molecule has 78 valence electrons. The Kier molecular flexibility index (Phi) is 3.63. The molecule has 0 spiro atoms. The number of thioether (sulfide) groups is 1. The van der Waals surface area contributed by atoms with Gasteiger partial charge in [-0.1, -0.05) is 36.4 Å². The summed E-state index contributed by atoms with van der Waals surface area (Å²) in [5, 5.41) is 8.79. The van der Waals surface area contributed by atoms with E-state index in [9.17, 15) is 0 Å². The maximum absolute atomic E-state index is 8.79. The second-order valence-electron chi connectivity index (χ2n) is 3.41. The van der Waals surface area contributed by atoms with Crippen LogP contribution in [-0.2, 0) is 5.75 Å². The predicted octanol–water partition coefficient (Wildman–Crippen LogP) is 3.85. The first-order chi connectivity index (χ1) is 7.88. The van der Waals surface area contributed by atoms with Gasteiger partial charge in [-0.2, -0.15) is 5.26 Å². The molecule has 0 aliphatic heterocycles. The largest absolute Gasteiger partial charge is 0.192 e. The molecule has 0 radical (unpaired) electrons. The van der Waals surface area contributed by atoms with Crippen LogP contribution >= 0.6 is 11.8 Å². The lowest BCUT2D eigenvalue weighted by Crippen LogP contribution is -1.80. The molecule has 0 heterocycles. The first kappa shape index (κ1) is 10.8. The van der Waals surface area contributed by atoms with Gasteiger partial charge in [-0.15, -0.1) is 11.8 Å². The fourth-order valence-electron chi connectivity index (χ4n) is 1.40. The van der Waals surface area contributed by atoms with Crippen LogP contribution in [0.3, 0.4) is 0 Å². The molecule has 0 N–H and O–H groups in total. The molecule has 2 rings (SSSR count). The second kappa shape index (κ2) is 5.39. The Labute approximate surface area is 99.7 Å². The van der Waals surface area contributed by atoms with E-state index in [1.54, 1.807) is 11.8 Å². The summed E-state index contributed by atoms with van der Waals surface area (Å²) in [5.74, 6) is 0.940. The lowest BCUT2D eigenvalue weighted by Gasteiger charge is -2.01. The van der Waals surface area contributed by atoms with E-state index in [1.807, 2.05) is 42.5 Å². The van der Waals surface area contributed by atoms with Gasteiger partial charge in [0.05, 0.1) is 11.6 Å². The van der Waals surface area contributed by atoms with E-state index in [2.05, 4.69) is 18.2 Å². The van der Waals surface area contributed by atoms with Gasteiger partial charge in [0, 0.05) is 10.6 Å². The maximum Gasteiger partial charge on any atom is 0.0992 e. The standard InChI is InChI=1S/C14H11NS/c15-10-13-7-4-8-14(9-13)16-11-12-5-2-1-3-6-12/h1-9H,11H2. The highest BCUT2D eigenvalue weighted by molar-refractivity contribution is 7.98. The second-order valence-corrected chi connectivity index (χ2v) is 4.46. The average molecular weight is 225 g/mol. The normalized spacial score (nSPS) is 9.69. The van der Waals surface area contributed by atoms with Gasteiger partial charge in [-0.05, 0) is 23.8 Å². The van der Waals surface area contributed by atoms with Crippen LogP contribution in [0, 0.1) is 11.3 Å². The number of hydrogen-bond donors (Lipinski definition) is 0. The summed E-state index contributed by atoms with van der Waals surface area (Å²) < 4.78 is 0. The minimum Gasteiger partial charge on any atom is -0.192 e. The van der Waals surface area contributed by atoms with Crippen LogP contribution in [0.15, 0.2) is 59.5 Å². The third kappa shape index (κ3) is 2.88. The van der Waals surface area contributed by atoms with Gasteiger partial charge < -0.3 is 0 Å². The third-order valence-electron chi connectivity index (χ3n) is 2.21. The Balaban J connectivity index is 2.03. The Morgan fingerprint density at radius 3 is 2.56 bits per heavy atom. The van der Waals surface area contributed by atoms with Crippen molar-refractivity contribution in [3.8, 4) is 6.07 Å². The number of nitriles is 1. The van der Waals surface area contributed by atoms with E-state index in [-0.39, 0.29) is 0 Å². The van der Waals surface area contributed by atoms with Crippen molar-refractivity contribution in [2.75, 3.05) is 0 Å². The van der Waals surface area contributed by atoms with Crippen LogP contribution < -0.4 is 0 Å². The van der Waals surface area contributed by atoms with E-state index in [1.165, 1.54) is 5.56 Å². The van der Waals surface area contributed by atoms with Crippen molar-refractivity contribution in [1.29, 1.82) is 5.26 Å². The highest BCUT2D eigenvalue weighted by Crippen LogP contribution is 2.23. The van der Waals surface area contributed by atoms with Gasteiger partial charge >= 0.3 is 0 Å². The number of rotatable bonds is 3. The molecule has 0 atom stereocenters. The van der Waals surface area contributed by atoms with Crippen LogP contribution in [0.25, 0.3) is 0 Å². The molecule has 0 saturated carbocycles. The minimum atomic E-state index is 0.720. The lowest BCUT2D eigenvalue weighted by molar-refractivity contribution is 1.36. The molecule has 0 fully saturated rings. The molecule has 2 aromatic rings. The first-order valence-corrected chi connectivity index (χ1v) is 6.04. The van der Waals surface area contributed by atoms with Gasteiger partial charge in [0.2, 0.25) is 0 Å². The molecule has 0 saturated heterocycles. The summed E-state index contributed by atoms with van der Waals surface area (Å²) in [6.07, 6.45) is 0. The minimum absolute atomic E-state index is 0.720. The summed E-state index contributed by atoms with van der Waals surface area (Å²) in [6.45, 7) is 0. The molecule has 1 nitrogen and oxygen atoms in total. The summed E-state index contributed by atoms with van der Waals surface area (Å²) >= 11 is 1.75. The van der Waals surface area contributed by atoms with Gasteiger partial charge in [0.15, 0.2) is 0 Å². The van der Waals surface area contributed by atoms with Gasteiger partial charge in [0.1, 0.15) is 0 Å². The van der Waals surface area contributed by atoms with Crippen molar-refractivity contribution in [2.24, 2.45) is 0 Å². The Bertz CT molecular complexity index is 500. The highest BCUT2D eigenvalue weighted by atomic mass is 32.2. The predicted molar refractivity (Wildman–Crippen MR) is 67.2 cm³/mol. The molecular formula is C14H11NS. The van der Waals surface area contributed by atoms with Crippen LogP contribution in [0.5, 0.6) is 0 Å². The fraction of sp³-hybridized carbons (Fsp3) is 0.0714. The molecule has 0 amide bonds. The molecule has 0 aliphatic rings. The van der Waals surface area contributed by atoms with E-state index >= 15 is 0 Å². The summed E-state index contributed by atoms with van der Waals surface area (Å²) in [6, 6.07) is 20.2. The lowest BCUT2D eigenvalue weighted by atomic mass is 10.2. The fourth-order valence-corrected chi connectivity index (χ4v) is 2.31. The van der Waals surface area contributed by atoms with Crippen LogP contribution in [0.1, 0.15) is 11.1 Å². The van der Waals surface area contributed by atoms with Crippen molar-refractivity contribution in [3.05, 3.63) is 65.7 Å².